The van der Waals surface area contributed by atoms with Gasteiger partial charge in [-0.05, 0) is 48.2 Å². The summed E-state index contributed by atoms with van der Waals surface area (Å²) in [6.45, 7) is 0. The van der Waals surface area contributed by atoms with Gasteiger partial charge in [0.15, 0.2) is 0 Å². The van der Waals surface area contributed by atoms with Crippen LogP contribution in [0.25, 0.3) is 0 Å². The van der Waals surface area contributed by atoms with Crippen molar-refractivity contribution < 1.29 is 27.9 Å². The predicted molar refractivity (Wildman–Crippen MR) is 102 cm³/mol. The first-order chi connectivity index (χ1) is 12.6. The van der Waals surface area contributed by atoms with Crippen LogP contribution in [-0.4, -0.2) is 50.8 Å². The van der Waals surface area contributed by atoms with Gasteiger partial charge in [0.2, 0.25) is 0 Å². The molecular formula is C17H18N2O6S2. The lowest BCUT2D eigenvalue weighted by atomic mass is 10.2. The number of sulfonamides is 1. The molecule has 27 heavy (non-hydrogen) atoms. The van der Waals surface area contributed by atoms with Crippen molar-refractivity contribution in [1.82, 2.24) is 4.90 Å². The quantitative estimate of drug-likeness (QED) is 0.704. The lowest BCUT2D eigenvalue weighted by molar-refractivity contribution is 0.0696. The molecule has 1 amide bonds. The van der Waals surface area contributed by atoms with Crippen LogP contribution in [0.5, 0.6) is 5.75 Å². The number of rotatable bonds is 6. The van der Waals surface area contributed by atoms with E-state index in [4.69, 9.17) is 9.84 Å². The zero-order chi connectivity index (χ0) is 20.2. The van der Waals surface area contributed by atoms with Crippen LogP contribution >= 0.6 is 11.8 Å². The highest BCUT2D eigenvalue weighted by molar-refractivity contribution is 8.13. The first-order valence-electron chi connectivity index (χ1n) is 7.57. The van der Waals surface area contributed by atoms with Crippen LogP contribution in [-0.2, 0) is 10.0 Å². The molecule has 8 nitrogen and oxygen atoms in total. The zero-order valence-electron chi connectivity index (χ0n) is 14.8. The van der Waals surface area contributed by atoms with Gasteiger partial charge in [-0.2, -0.15) is 0 Å². The lowest BCUT2D eigenvalue weighted by Gasteiger charge is -2.13. The summed E-state index contributed by atoms with van der Waals surface area (Å²) in [6.07, 6.45) is 0. The van der Waals surface area contributed by atoms with Gasteiger partial charge in [0.1, 0.15) is 10.6 Å². The van der Waals surface area contributed by atoms with E-state index in [1.54, 1.807) is 26.2 Å². The number of benzene rings is 2. The van der Waals surface area contributed by atoms with Crippen LogP contribution in [0.4, 0.5) is 10.5 Å². The Bertz CT molecular complexity index is 973. The minimum Gasteiger partial charge on any atom is -0.495 e. The van der Waals surface area contributed by atoms with Crippen molar-refractivity contribution in [3.8, 4) is 5.75 Å². The molecule has 10 heteroatoms. The summed E-state index contributed by atoms with van der Waals surface area (Å²) in [5.74, 6) is -1.24. The van der Waals surface area contributed by atoms with Gasteiger partial charge in [0.05, 0.1) is 12.7 Å². The third-order valence-corrected chi connectivity index (χ3v) is 5.79. The monoisotopic (exact) mass is 410 g/mol. The number of carboxylic acid groups (broad SMARTS) is 1. The molecule has 144 valence electrons. The third-order valence-electron chi connectivity index (χ3n) is 3.36. The first kappa shape index (κ1) is 20.6. The highest BCUT2D eigenvalue weighted by Crippen LogP contribution is 2.29. The number of methoxy groups -OCH3 is 1. The Morgan fingerprint density at radius 3 is 2.44 bits per heavy atom. The molecule has 0 heterocycles. The topological polar surface area (TPSA) is 113 Å². The number of nitrogens with zero attached hydrogens (tertiary/aromatic N) is 1. The normalized spacial score (nSPS) is 10.9. The molecule has 0 aliphatic rings. The molecule has 2 aromatic carbocycles. The van der Waals surface area contributed by atoms with E-state index in [0.717, 1.165) is 17.8 Å². The second-order valence-electron chi connectivity index (χ2n) is 5.57. The van der Waals surface area contributed by atoms with Crippen LogP contribution in [0.2, 0.25) is 0 Å². The molecule has 0 bridgehead atoms. The second kappa shape index (κ2) is 8.31. The lowest BCUT2D eigenvalue weighted by Crippen LogP contribution is -2.16. The number of aromatic carboxylic acids is 1. The SMILES string of the molecule is COc1ccc(C(=O)O)cc1S(=O)(=O)Nc1cccc(SC(=O)N(C)C)c1. The molecule has 0 saturated carbocycles. The van der Waals surface area contributed by atoms with Crippen LogP contribution < -0.4 is 9.46 Å². The van der Waals surface area contributed by atoms with Crippen molar-refractivity contribution in [2.45, 2.75) is 9.79 Å². The number of amides is 1. The molecule has 0 aliphatic carbocycles. The van der Waals surface area contributed by atoms with E-state index in [1.807, 2.05) is 0 Å². The molecule has 0 spiro atoms. The Morgan fingerprint density at radius 2 is 1.85 bits per heavy atom. The maximum Gasteiger partial charge on any atom is 0.335 e. The number of nitrogens with one attached hydrogen (secondary N) is 1. The summed E-state index contributed by atoms with van der Waals surface area (Å²) in [7, 11) is 0.403. The van der Waals surface area contributed by atoms with Gasteiger partial charge < -0.3 is 14.7 Å². The maximum atomic E-state index is 12.7. The van der Waals surface area contributed by atoms with Gasteiger partial charge in [-0.1, -0.05) is 6.07 Å². The number of carbonyl (C=O) groups excluding carboxylic acids is 1. The van der Waals surface area contributed by atoms with E-state index < -0.39 is 16.0 Å². The molecule has 0 atom stereocenters. The average molecular weight is 410 g/mol. The van der Waals surface area contributed by atoms with Crippen molar-refractivity contribution in [1.29, 1.82) is 0 Å². The smallest absolute Gasteiger partial charge is 0.335 e. The fraction of sp³-hybridized carbons (Fsp3) is 0.176. The predicted octanol–water partition coefficient (Wildman–Crippen LogP) is 2.97. The molecule has 0 fully saturated rings. The van der Waals surface area contributed by atoms with Crippen LogP contribution in [0.1, 0.15) is 10.4 Å². The molecule has 0 unspecified atom stereocenters. The maximum absolute atomic E-state index is 12.7. The van der Waals surface area contributed by atoms with Gasteiger partial charge in [-0.3, -0.25) is 9.52 Å². The van der Waals surface area contributed by atoms with Gasteiger partial charge in [-0.25, -0.2) is 13.2 Å². The van der Waals surface area contributed by atoms with Crippen LogP contribution in [0.15, 0.2) is 52.3 Å². The standard InChI is InChI=1S/C17H18N2O6S2/c1-19(2)17(22)26-13-6-4-5-12(10-13)18-27(23,24)15-9-11(16(20)21)7-8-14(15)25-3/h4-10,18H,1-3H3,(H,20,21). The van der Waals surface area contributed by atoms with Crippen molar-refractivity contribution in [2.24, 2.45) is 0 Å². The highest BCUT2D eigenvalue weighted by atomic mass is 32.2. The molecule has 0 aliphatic heterocycles. The van der Waals surface area contributed by atoms with E-state index >= 15 is 0 Å². The molecule has 2 N–H and O–H groups in total. The summed E-state index contributed by atoms with van der Waals surface area (Å²) in [5.41, 5.74) is 0.0476. The summed E-state index contributed by atoms with van der Waals surface area (Å²) < 4.78 is 32.9. The number of carboxylic acids is 1. The minimum absolute atomic E-state index is 0.0146. The largest absolute Gasteiger partial charge is 0.495 e. The number of hydrogen-bond acceptors (Lipinski definition) is 6. The fourth-order valence-electron chi connectivity index (χ4n) is 2.05. The van der Waals surface area contributed by atoms with E-state index in [0.29, 0.717) is 4.90 Å². The highest BCUT2D eigenvalue weighted by Gasteiger charge is 2.22. The van der Waals surface area contributed by atoms with E-state index in [-0.39, 0.29) is 27.1 Å². The van der Waals surface area contributed by atoms with Crippen LogP contribution in [0, 0.1) is 0 Å². The average Bonchev–Trinajstić information content (AvgIpc) is 2.60. The number of ether oxygens (including phenoxy) is 1. The van der Waals surface area contributed by atoms with Gasteiger partial charge in [-0.15, -0.1) is 0 Å². The Kier molecular flexibility index (Phi) is 6.34. The number of carbonyl (C=O) groups is 2. The van der Waals surface area contributed by atoms with Gasteiger partial charge in [0, 0.05) is 24.7 Å². The number of anilines is 1. The number of thioether (sulfide) groups is 1. The Hall–Kier alpha value is -2.72. The third kappa shape index (κ3) is 5.14. The Balaban J connectivity index is 2.35. The van der Waals surface area contributed by atoms with Gasteiger partial charge in [0.25, 0.3) is 15.3 Å². The summed E-state index contributed by atoms with van der Waals surface area (Å²) in [6, 6.07) is 9.87. The number of hydrogen-bond donors (Lipinski definition) is 2. The molecule has 0 aromatic heterocycles. The molecule has 0 saturated heterocycles. The second-order valence-corrected chi connectivity index (χ2v) is 8.24. The first-order valence-corrected chi connectivity index (χ1v) is 9.87. The fourth-order valence-corrected chi connectivity index (χ4v) is 4.01. The molecule has 0 radical (unpaired) electrons. The summed E-state index contributed by atoms with van der Waals surface area (Å²) >= 11 is 0.951. The molecular weight excluding hydrogens is 392 g/mol. The van der Waals surface area contributed by atoms with Gasteiger partial charge >= 0.3 is 5.97 Å². The van der Waals surface area contributed by atoms with Crippen LogP contribution in [0.3, 0.4) is 0 Å². The van der Waals surface area contributed by atoms with E-state index in [9.17, 15) is 18.0 Å². The van der Waals surface area contributed by atoms with Crippen molar-refractivity contribution in [3.05, 3.63) is 48.0 Å². The Morgan fingerprint density at radius 1 is 1.15 bits per heavy atom. The van der Waals surface area contributed by atoms with E-state index in [2.05, 4.69) is 4.72 Å². The zero-order valence-corrected chi connectivity index (χ0v) is 16.4. The molecule has 2 rings (SSSR count). The van der Waals surface area contributed by atoms with Crippen molar-refractivity contribution >= 4 is 38.7 Å². The van der Waals surface area contributed by atoms with E-state index in [1.165, 1.54) is 36.3 Å². The van der Waals surface area contributed by atoms with Crippen molar-refractivity contribution in [2.75, 3.05) is 25.9 Å². The minimum atomic E-state index is -4.12. The summed E-state index contributed by atoms with van der Waals surface area (Å²) in [4.78, 5) is 24.6. The summed E-state index contributed by atoms with van der Waals surface area (Å²) in [5, 5.41) is 8.90. The molecule has 2 aromatic rings. The van der Waals surface area contributed by atoms with Crippen molar-refractivity contribution in [3.63, 3.8) is 0 Å². The Labute approximate surface area is 161 Å².